The number of phosphoric ester groups is 1. The van der Waals surface area contributed by atoms with Crippen molar-refractivity contribution >= 4 is 13.8 Å². The highest BCUT2D eigenvalue weighted by Gasteiger charge is 2.35. The van der Waals surface area contributed by atoms with Crippen LogP contribution in [0.2, 0.25) is 0 Å². The number of likely N-dealkylation sites (N-methyl/N-ethyl adjacent to an activating group) is 1. The summed E-state index contributed by atoms with van der Waals surface area (Å²) in [6, 6.07) is 0. The number of carbonyl (C=O) groups excluding carboxylic acids is 1. The van der Waals surface area contributed by atoms with Crippen LogP contribution in [0, 0.1) is 0 Å². The molecule has 0 aromatic heterocycles. The molecule has 1 rings (SSSR count). The van der Waals surface area contributed by atoms with Crippen molar-refractivity contribution in [3.8, 4) is 0 Å². The predicted octanol–water partition coefficient (Wildman–Crippen LogP) is 10.5. The second kappa shape index (κ2) is 35.2. The lowest BCUT2D eigenvalue weighted by Crippen LogP contribution is -2.37. The van der Waals surface area contributed by atoms with E-state index in [2.05, 4.69) is 38.2 Å². The summed E-state index contributed by atoms with van der Waals surface area (Å²) in [7, 11) is 1.25. The topological polar surface area (TPSA) is 127 Å². The van der Waals surface area contributed by atoms with Crippen molar-refractivity contribution in [2.45, 2.75) is 186 Å². The minimum Gasteiger partial charge on any atom is -0.756 e. The van der Waals surface area contributed by atoms with E-state index < -0.39 is 26.0 Å². The zero-order valence-electron chi connectivity index (χ0n) is 36.8. The predicted molar refractivity (Wildman–Crippen MR) is 232 cm³/mol. The Balaban J connectivity index is 2.31. The molecule has 1 fully saturated rings. The minimum atomic E-state index is -4.57. The van der Waals surface area contributed by atoms with Crippen LogP contribution >= 0.6 is 7.82 Å². The van der Waals surface area contributed by atoms with Crippen LogP contribution in [0.5, 0.6) is 0 Å². The summed E-state index contributed by atoms with van der Waals surface area (Å²) >= 11 is 0. The van der Waals surface area contributed by atoms with Gasteiger partial charge in [-0.3, -0.25) is 9.36 Å². The van der Waals surface area contributed by atoms with Crippen molar-refractivity contribution in [1.29, 1.82) is 0 Å². The number of quaternary nitrogens is 1. The number of nitrogens with zero attached hydrogens (tertiary/aromatic N) is 1. The van der Waals surface area contributed by atoms with E-state index in [4.69, 9.17) is 23.3 Å². The molecule has 0 bridgehead atoms. The number of hydrogen-bond acceptors (Lipinski definition) is 9. The standard InChI is InChI=1S/C46H84NO9P/c1-6-8-10-12-14-15-16-17-18-19-20-21-22-23-27-31-38-52-40-43(41-54-57(50,51)53-39-37-47(3,4)5)55-46(49)34-30-26-25-28-32-42(48)35-36-45-44(56-45)33-29-24-13-11-9-7-2/h17-18,24-25,28-29,35-36,42-45,48H,6-16,19-23,26-27,30-34,37-41H2,1-5H3/b18-17-,28-25+,29-24+,36-35-. The number of aliphatic hydroxyl groups excluding tert-OH is 1. The molecule has 0 aromatic carbocycles. The number of aliphatic hydroxyl groups is 1. The van der Waals surface area contributed by atoms with Crippen LogP contribution in [0.1, 0.15) is 162 Å². The van der Waals surface area contributed by atoms with E-state index in [9.17, 15) is 19.4 Å². The third kappa shape index (κ3) is 36.0. The first-order chi connectivity index (χ1) is 27.5. The number of phosphoric acid groups is 1. The van der Waals surface area contributed by atoms with Gasteiger partial charge in [0.1, 0.15) is 25.4 Å². The summed E-state index contributed by atoms with van der Waals surface area (Å²) in [5.74, 6) is -0.442. The molecule has 1 saturated heterocycles. The number of esters is 1. The van der Waals surface area contributed by atoms with Crippen molar-refractivity contribution in [2.24, 2.45) is 0 Å². The van der Waals surface area contributed by atoms with Crippen LogP contribution in [0.15, 0.2) is 48.6 Å². The molecular weight excluding hydrogens is 741 g/mol. The van der Waals surface area contributed by atoms with Gasteiger partial charge in [0.15, 0.2) is 0 Å². The summed E-state index contributed by atoms with van der Waals surface area (Å²) in [4.78, 5) is 25.1. The molecule has 0 aromatic rings. The van der Waals surface area contributed by atoms with Crippen LogP contribution in [0.3, 0.4) is 0 Å². The number of unbranched alkanes of at least 4 members (excludes halogenated alkanes) is 16. The molecule has 0 radical (unpaired) electrons. The van der Waals surface area contributed by atoms with E-state index in [-0.39, 0.29) is 38.4 Å². The van der Waals surface area contributed by atoms with E-state index >= 15 is 0 Å². The van der Waals surface area contributed by atoms with Crippen molar-refractivity contribution in [2.75, 3.05) is 54.1 Å². The number of allylic oxidation sites excluding steroid dienone is 4. The monoisotopic (exact) mass is 826 g/mol. The third-order valence-electron chi connectivity index (χ3n) is 9.78. The van der Waals surface area contributed by atoms with Gasteiger partial charge >= 0.3 is 5.97 Å². The smallest absolute Gasteiger partial charge is 0.306 e. The Labute approximate surface area is 348 Å². The van der Waals surface area contributed by atoms with Gasteiger partial charge in [-0.25, -0.2) is 0 Å². The lowest BCUT2D eigenvalue weighted by Gasteiger charge is -2.28. The van der Waals surface area contributed by atoms with Crippen LogP contribution in [0.4, 0.5) is 0 Å². The molecule has 332 valence electrons. The lowest BCUT2D eigenvalue weighted by molar-refractivity contribution is -0.870. The molecule has 1 aliphatic heterocycles. The number of carbonyl (C=O) groups is 1. The first-order valence-electron chi connectivity index (χ1n) is 22.6. The van der Waals surface area contributed by atoms with Gasteiger partial charge in [0.2, 0.25) is 0 Å². The van der Waals surface area contributed by atoms with Gasteiger partial charge in [-0.05, 0) is 70.6 Å². The summed E-state index contributed by atoms with van der Waals surface area (Å²) in [5, 5.41) is 10.3. The molecule has 5 unspecified atom stereocenters. The third-order valence-corrected chi connectivity index (χ3v) is 10.7. The maximum absolute atomic E-state index is 12.7. The highest BCUT2D eigenvalue weighted by Crippen LogP contribution is 2.38. The zero-order valence-corrected chi connectivity index (χ0v) is 37.7. The minimum absolute atomic E-state index is 0.00541. The fourth-order valence-corrected chi connectivity index (χ4v) is 6.80. The molecule has 11 heteroatoms. The van der Waals surface area contributed by atoms with E-state index in [1.54, 1.807) is 6.08 Å². The Bertz CT molecular complexity index is 1140. The fourth-order valence-electron chi connectivity index (χ4n) is 6.08. The van der Waals surface area contributed by atoms with E-state index in [1.165, 1.54) is 83.5 Å². The van der Waals surface area contributed by atoms with Gasteiger partial charge in [0.25, 0.3) is 7.82 Å². The Morgan fingerprint density at radius 2 is 1.30 bits per heavy atom. The molecule has 1 N–H and O–H groups in total. The fraction of sp³-hybridized carbons (Fsp3) is 0.804. The van der Waals surface area contributed by atoms with Crippen LogP contribution in [-0.4, -0.2) is 94.1 Å². The maximum atomic E-state index is 12.7. The van der Waals surface area contributed by atoms with E-state index in [1.807, 2.05) is 39.4 Å². The Kier molecular flexibility index (Phi) is 32.9. The van der Waals surface area contributed by atoms with Crippen molar-refractivity contribution < 1.29 is 47.1 Å². The largest absolute Gasteiger partial charge is 0.756 e. The van der Waals surface area contributed by atoms with Gasteiger partial charge in [-0.2, -0.15) is 0 Å². The molecule has 0 spiro atoms. The molecule has 1 heterocycles. The summed E-state index contributed by atoms with van der Waals surface area (Å²) in [6.45, 7) is 5.13. The SMILES string of the molecule is CCCCC/C=C/CC1OC1/C=C\C(O)C/C=C/CCCC(=O)OC(COCCCCCCCC/C=C\CCCCCCCC)COP(=O)([O-])OCC[N+](C)(C)C. The Morgan fingerprint density at radius 3 is 1.96 bits per heavy atom. The van der Waals surface area contributed by atoms with Crippen molar-refractivity contribution in [3.63, 3.8) is 0 Å². The second-order valence-corrected chi connectivity index (χ2v) is 18.0. The van der Waals surface area contributed by atoms with Crippen LogP contribution in [-0.2, 0) is 32.6 Å². The van der Waals surface area contributed by atoms with E-state index in [0.29, 0.717) is 36.9 Å². The van der Waals surface area contributed by atoms with Gasteiger partial charge in [-0.15, -0.1) is 0 Å². The highest BCUT2D eigenvalue weighted by atomic mass is 31.2. The molecule has 5 atom stereocenters. The average molecular weight is 826 g/mol. The zero-order chi connectivity index (χ0) is 41.9. The summed E-state index contributed by atoms with van der Waals surface area (Å²) < 4.78 is 40.1. The highest BCUT2D eigenvalue weighted by molar-refractivity contribution is 7.45. The van der Waals surface area contributed by atoms with Gasteiger partial charge < -0.3 is 37.7 Å². The van der Waals surface area contributed by atoms with Crippen molar-refractivity contribution in [1.82, 2.24) is 0 Å². The van der Waals surface area contributed by atoms with E-state index in [0.717, 1.165) is 38.5 Å². The van der Waals surface area contributed by atoms with Crippen LogP contribution in [0.25, 0.3) is 0 Å². The second-order valence-electron chi connectivity index (χ2n) is 16.6. The number of epoxide rings is 1. The lowest BCUT2D eigenvalue weighted by atomic mass is 10.1. The molecule has 0 aliphatic carbocycles. The maximum Gasteiger partial charge on any atom is 0.306 e. The quantitative estimate of drug-likeness (QED) is 0.0160. The molecule has 57 heavy (non-hydrogen) atoms. The first kappa shape index (κ1) is 53.4. The van der Waals surface area contributed by atoms with Gasteiger partial charge in [0, 0.05) is 13.0 Å². The Morgan fingerprint density at radius 1 is 0.737 bits per heavy atom. The number of ether oxygens (including phenoxy) is 3. The molecule has 0 saturated carbocycles. The summed E-state index contributed by atoms with van der Waals surface area (Å²) in [5.41, 5.74) is 0. The molecule has 1 aliphatic rings. The normalized spacial score (nSPS) is 18.3. The first-order valence-corrected chi connectivity index (χ1v) is 24.1. The van der Waals surface area contributed by atoms with Gasteiger partial charge in [-0.1, -0.05) is 133 Å². The number of hydrogen-bond donors (Lipinski definition) is 1. The average Bonchev–Trinajstić information content (AvgIpc) is 3.92. The number of rotatable bonds is 40. The molecular formula is C46H84NO9P. The summed E-state index contributed by atoms with van der Waals surface area (Å²) in [6.07, 6.45) is 40.3. The van der Waals surface area contributed by atoms with Gasteiger partial charge in [0.05, 0.1) is 46.6 Å². The van der Waals surface area contributed by atoms with Crippen molar-refractivity contribution in [3.05, 3.63) is 48.6 Å². The Hall–Kier alpha value is -1.62. The molecule has 0 amide bonds. The molecule has 10 nitrogen and oxygen atoms in total. The van der Waals surface area contributed by atoms with Crippen LogP contribution < -0.4 is 4.89 Å².